The van der Waals surface area contributed by atoms with Crippen LogP contribution in [0.25, 0.3) is 11.0 Å². The average Bonchev–Trinajstić information content (AvgIpc) is 3.27. The van der Waals surface area contributed by atoms with Crippen LogP contribution in [0, 0.1) is 23.5 Å². The van der Waals surface area contributed by atoms with Gasteiger partial charge in [-0.15, -0.1) is 0 Å². The molecule has 2 aromatic heterocycles. The van der Waals surface area contributed by atoms with E-state index in [1.54, 1.807) is 24.3 Å². The van der Waals surface area contributed by atoms with Crippen LogP contribution in [0.5, 0.6) is 5.88 Å². The highest BCUT2D eigenvalue weighted by molar-refractivity contribution is 6.30. The van der Waals surface area contributed by atoms with Crippen LogP contribution in [0.2, 0.25) is 5.02 Å². The molecule has 0 N–H and O–H groups in total. The first-order chi connectivity index (χ1) is 20.4. The zero-order valence-electron chi connectivity index (χ0n) is 22.9. The fraction of sp³-hybridized carbons (Fsp3) is 0.387. The summed E-state index contributed by atoms with van der Waals surface area (Å²) < 4.78 is 47.4. The molecule has 218 valence electrons. The number of fused-ring (bicyclic) bond motifs is 2. The number of nitrogens with zero attached hydrogens (tertiary/aromatic N) is 4. The Bertz CT molecular complexity index is 1660. The fourth-order valence-electron chi connectivity index (χ4n) is 6.29. The quantitative estimate of drug-likeness (QED) is 0.241. The summed E-state index contributed by atoms with van der Waals surface area (Å²) in [5, 5.41) is 0.343. The Kier molecular flexibility index (Phi) is 7.08. The molecule has 11 heteroatoms. The zero-order valence-corrected chi connectivity index (χ0v) is 23.7. The van der Waals surface area contributed by atoms with Crippen LogP contribution in [-0.2, 0) is 29.2 Å². The van der Waals surface area contributed by atoms with Gasteiger partial charge in [0.1, 0.15) is 23.8 Å². The van der Waals surface area contributed by atoms with Gasteiger partial charge in [-0.1, -0.05) is 23.7 Å². The molecule has 2 saturated heterocycles. The molecule has 3 fully saturated rings. The van der Waals surface area contributed by atoms with Crippen molar-refractivity contribution >= 4 is 28.6 Å². The lowest BCUT2D eigenvalue weighted by atomic mass is 10.1. The van der Waals surface area contributed by atoms with Crippen molar-refractivity contribution < 1.29 is 27.8 Å². The molecule has 0 bridgehead atoms. The lowest BCUT2D eigenvalue weighted by Crippen LogP contribution is -2.33. The number of ether oxygens (including phenoxy) is 3. The molecular weight excluding hydrogens is 566 g/mol. The third kappa shape index (κ3) is 5.12. The van der Waals surface area contributed by atoms with Crippen LogP contribution in [-0.4, -0.2) is 58.3 Å². The maximum absolute atomic E-state index is 15.0. The summed E-state index contributed by atoms with van der Waals surface area (Å²) in [6.07, 6.45) is 0.970. The summed E-state index contributed by atoms with van der Waals surface area (Å²) in [4.78, 5) is 23.9. The molecule has 4 atom stereocenters. The van der Waals surface area contributed by atoms with Gasteiger partial charge in [0, 0.05) is 48.0 Å². The van der Waals surface area contributed by atoms with Gasteiger partial charge in [0.15, 0.2) is 5.82 Å². The van der Waals surface area contributed by atoms with E-state index in [-0.39, 0.29) is 23.8 Å². The number of pyridine rings is 1. The monoisotopic (exact) mass is 594 g/mol. The second-order valence-corrected chi connectivity index (χ2v) is 11.6. The van der Waals surface area contributed by atoms with Crippen molar-refractivity contribution in [3.8, 4) is 5.88 Å². The maximum Gasteiger partial charge on any atom is 0.338 e. The van der Waals surface area contributed by atoms with E-state index in [1.807, 2.05) is 16.7 Å². The zero-order chi connectivity index (χ0) is 29.0. The Balaban J connectivity index is 1.04. The van der Waals surface area contributed by atoms with Gasteiger partial charge < -0.3 is 18.8 Å². The number of rotatable bonds is 9. The van der Waals surface area contributed by atoms with E-state index in [1.165, 1.54) is 19.2 Å². The molecule has 4 heterocycles. The van der Waals surface area contributed by atoms with E-state index < -0.39 is 17.6 Å². The molecule has 3 aliphatic rings. The lowest BCUT2D eigenvalue weighted by molar-refractivity contribution is -0.0591. The van der Waals surface area contributed by atoms with E-state index in [2.05, 4.69) is 9.88 Å². The van der Waals surface area contributed by atoms with E-state index in [0.717, 1.165) is 31.0 Å². The van der Waals surface area contributed by atoms with Gasteiger partial charge in [0.2, 0.25) is 5.88 Å². The van der Waals surface area contributed by atoms with E-state index in [9.17, 15) is 9.18 Å². The Morgan fingerprint density at radius 3 is 2.62 bits per heavy atom. The number of piperidine rings is 1. The third-order valence-corrected chi connectivity index (χ3v) is 8.83. The second-order valence-electron chi connectivity index (χ2n) is 11.2. The Labute approximate surface area is 246 Å². The van der Waals surface area contributed by atoms with Crippen molar-refractivity contribution in [2.45, 2.75) is 38.1 Å². The van der Waals surface area contributed by atoms with Gasteiger partial charge in [0.05, 0.1) is 37.4 Å². The number of aromatic nitrogens is 3. The SMILES string of the molecule is COC(=O)c1cc(F)c2nc(CN3C[C@@H]4[C@H](C3)[C@H]4c3cccc(OCc4ccc(Cl)cc4F)n3)n(C[C@@H]3CCO3)c2c1. The molecule has 2 aliphatic heterocycles. The number of carbonyl (C=O) groups is 1. The number of hydrogen-bond acceptors (Lipinski definition) is 7. The smallest absolute Gasteiger partial charge is 0.338 e. The molecule has 0 radical (unpaired) electrons. The topological polar surface area (TPSA) is 78.7 Å². The van der Waals surface area contributed by atoms with Crippen LogP contribution in [0.15, 0.2) is 48.5 Å². The van der Waals surface area contributed by atoms with E-state index in [0.29, 0.717) is 59.4 Å². The first-order valence-corrected chi connectivity index (χ1v) is 14.4. The number of carbonyl (C=O) groups excluding carboxylic acids is 1. The number of esters is 1. The summed E-state index contributed by atoms with van der Waals surface area (Å²) >= 11 is 5.84. The van der Waals surface area contributed by atoms with Gasteiger partial charge in [-0.05, 0) is 48.6 Å². The highest BCUT2D eigenvalue weighted by Crippen LogP contribution is 2.58. The number of imidazole rings is 1. The normalized spacial score (nSPS) is 23.0. The Morgan fingerprint density at radius 2 is 1.90 bits per heavy atom. The lowest BCUT2D eigenvalue weighted by Gasteiger charge is -2.28. The fourth-order valence-corrected chi connectivity index (χ4v) is 6.45. The maximum atomic E-state index is 15.0. The summed E-state index contributed by atoms with van der Waals surface area (Å²) in [7, 11) is 1.28. The minimum atomic E-state index is -0.587. The number of likely N-dealkylation sites (tertiary alicyclic amines) is 1. The molecule has 1 aliphatic carbocycles. The molecular formula is C31H29ClF2N4O4. The van der Waals surface area contributed by atoms with Crippen LogP contribution in [0.4, 0.5) is 8.78 Å². The summed E-state index contributed by atoms with van der Waals surface area (Å²) in [5.41, 5.74) is 2.38. The molecule has 8 nitrogen and oxygen atoms in total. The molecule has 42 heavy (non-hydrogen) atoms. The first kappa shape index (κ1) is 27.2. The minimum Gasteiger partial charge on any atom is -0.473 e. The van der Waals surface area contributed by atoms with Crippen molar-refractivity contribution in [2.24, 2.45) is 11.8 Å². The second kappa shape index (κ2) is 10.9. The number of benzene rings is 2. The summed E-state index contributed by atoms with van der Waals surface area (Å²) in [5.74, 6) is 0.921. The number of hydrogen-bond donors (Lipinski definition) is 0. The molecule has 0 unspecified atom stereocenters. The van der Waals surface area contributed by atoms with Crippen molar-refractivity contribution in [3.05, 3.63) is 87.8 Å². The van der Waals surface area contributed by atoms with Crippen molar-refractivity contribution in [1.82, 2.24) is 19.4 Å². The van der Waals surface area contributed by atoms with E-state index in [4.69, 9.17) is 30.8 Å². The first-order valence-electron chi connectivity index (χ1n) is 14.0. The van der Waals surface area contributed by atoms with Gasteiger partial charge in [-0.2, -0.15) is 0 Å². The third-order valence-electron chi connectivity index (χ3n) is 8.60. The molecule has 2 aromatic carbocycles. The summed E-state index contributed by atoms with van der Waals surface area (Å²) in [6.45, 7) is 3.64. The van der Waals surface area contributed by atoms with Crippen molar-refractivity contribution in [1.29, 1.82) is 0 Å². The molecule has 7 rings (SSSR count). The molecule has 0 amide bonds. The Morgan fingerprint density at radius 1 is 1.10 bits per heavy atom. The average molecular weight is 595 g/mol. The van der Waals surface area contributed by atoms with Gasteiger partial charge in [-0.3, -0.25) is 4.90 Å². The predicted octanol–water partition coefficient (Wildman–Crippen LogP) is 5.36. The Hall–Kier alpha value is -3.60. The van der Waals surface area contributed by atoms with Gasteiger partial charge in [0.25, 0.3) is 0 Å². The molecule has 1 saturated carbocycles. The summed E-state index contributed by atoms with van der Waals surface area (Å²) in [6, 6.07) is 13.1. The van der Waals surface area contributed by atoms with Gasteiger partial charge in [-0.25, -0.2) is 23.5 Å². The highest BCUT2D eigenvalue weighted by atomic mass is 35.5. The van der Waals surface area contributed by atoms with Crippen molar-refractivity contribution in [2.75, 3.05) is 26.8 Å². The van der Waals surface area contributed by atoms with Crippen molar-refractivity contribution in [3.63, 3.8) is 0 Å². The van der Waals surface area contributed by atoms with Crippen LogP contribution < -0.4 is 4.74 Å². The standard InChI is InChI=1S/C31H29ClF2N4O4/c1-40-31(39)18-9-24(34)30-26(10-18)38(12-20-7-8-41-20)27(36-30)15-37-13-21-22(14-37)29(21)25-3-2-4-28(35-25)42-16-17-5-6-19(32)11-23(17)33/h2-6,9-11,20-22,29H,7-8,12-16H2,1H3/t20-,21-,22+,29+/m0/s1. The van der Waals surface area contributed by atoms with Crippen LogP contribution in [0.1, 0.15) is 39.8 Å². The molecule has 4 aromatic rings. The number of halogens is 3. The number of methoxy groups -OCH3 is 1. The van der Waals surface area contributed by atoms with E-state index >= 15 is 4.39 Å². The van der Waals surface area contributed by atoms with Crippen LogP contribution >= 0.6 is 11.6 Å². The largest absolute Gasteiger partial charge is 0.473 e. The van der Waals surface area contributed by atoms with Gasteiger partial charge >= 0.3 is 5.97 Å². The minimum absolute atomic E-state index is 0.0408. The highest BCUT2D eigenvalue weighted by Gasteiger charge is 2.57. The predicted molar refractivity (Wildman–Crippen MR) is 150 cm³/mol. The molecule has 0 spiro atoms. The van der Waals surface area contributed by atoms with Crippen LogP contribution in [0.3, 0.4) is 0 Å².